The molecule has 0 heterocycles. The summed E-state index contributed by atoms with van der Waals surface area (Å²) in [5.74, 6) is -4.69. The first-order valence-electron chi connectivity index (χ1n) is 13.6. The predicted octanol–water partition coefficient (Wildman–Crippen LogP) is 9.55. The van der Waals surface area contributed by atoms with Crippen LogP contribution in [0.15, 0.2) is 48.5 Å². The Balaban J connectivity index is 1.45. The molecule has 0 N–H and O–H groups in total. The quantitative estimate of drug-likeness (QED) is 0.158. The third-order valence-electron chi connectivity index (χ3n) is 7.66. The van der Waals surface area contributed by atoms with Gasteiger partial charge in [0.2, 0.25) is 5.82 Å². The molecule has 6 heteroatoms. The van der Waals surface area contributed by atoms with Crippen LogP contribution in [0.5, 0.6) is 5.75 Å². The first kappa shape index (κ1) is 27.9. The van der Waals surface area contributed by atoms with Gasteiger partial charge in [-0.05, 0) is 85.3 Å². The smallest absolute Gasteiger partial charge is 0.343 e. The molecule has 0 aliphatic heterocycles. The lowest BCUT2D eigenvalue weighted by atomic mass is 9.77. The molecule has 0 aromatic heterocycles. The summed E-state index contributed by atoms with van der Waals surface area (Å²) >= 11 is 0. The molecule has 0 saturated heterocycles. The zero-order chi connectivity index (χ0) is 27.2. The van der Waals surface area contributed by atoms with E-state index in [-0.39, 0.29) is 17.0 Å². The molecule has 1 aliphatic carbocycles. The fraction of sp³-hybridized carbons (Fsp3) is 0.406. The molecule has 0 amide bonds. The zero-order valence-electron chi connectivity index (χ0n) is 22.0. The zero-order valence-corrected chi connectivity index (χ0v) is 22.0. The van der Waals surface area contributed by atoms with Crippen molar-refractivity contribution < 1.29 is 27.1 Å². The van der Waals surface area contributed by atoms with Gasteiger partial charge in [-0.25, -0.2) is 18.0 Å². The monoisotopic (exact) mass is 526 g/mol. The van der Waals surface area contributed by atoms with Crippen LogP contribution in [-0.2, 0) is 6.42 Å². The largest absolute Gasteiger partial charge is 0.420 e. The Morgan fingerprint density at radius 3 is 2.16 bits per heavy atom. The molecule has 0 unspecified atom stereocenters. The highest BCUT2D eigenvalue weighted by Gasteiger charge is 2.27. The number of hydrogen-bond acceptors (Lipinski definition) is 2. The second-order valence-corrected chi connectivity index (χ2v) is 10.3. The molecule has 0 bridgehead atoms. The molecule has 1 saturated carbocycles. The number of halogens is 4. The van der Waals surface area contributed by atoms with Crippen molar-refractivity contribution in [1.82, 2.24) is 0 Å². The first-order valence-corrected chi connectivity index (χ1v) is 13.6. The molecule has 0 spiro atoms. The van der Waals surface area contributed by atoms with Gasteiger partial charge in [0.25, 0.3) is 0 Å². The lowest BCUT2D eigenvalue weighted by Crippen LogP contribution is -2.15. The van der Waals surface area contributed by atoms with Crippen LogP contribution < -0.4 is 4.74 Å². The molecule has 0 atom stereocenters. The highest BCUT2D eigenvalue weighted by Crippen LogP contribution is 2.40. The molecule has 4 rings (SSSR count). The number of aryl methyl sites for hydroxylation is 1. The van der Waals surface area contributed by atoms with Crippen LogP contribution in [0.2, 0.25) is 0 Å². The topological polar surface area (TPSA) is 26.3 Å². The Morgan fingerprint density at radius 1 is 0.789 bits per heavy atom. The predicted molar refractivity (Wildman–Crippen MR) is 141 cm³/mol. The van der Waals surface area contributed by atoms with Gasteiger partial charge < -0.3 is 4.74 Å². The summed E-state index contributed by atoms with van der Waals surface area (Å²) in [5, 5.41) is 0. The number of unbranched alkanes of at least 4 members (excludes halogenated alkanes) is 1. The summed E-state index contributed by atoms with van der Waals surface area (Å²) in [6.07, 6.45) is 8.04. The summed E-state index contributed by atoms with van der Waals surface area (Å²) in [6.45, 7) is 4.14. The Bertz CT molecular complexity index is 1260. The van der Waals surface area contributed by atoms with E-state index in [0.717, 1.165) is 51.4 Å². The minimum absolute atomic E-state index is 0.0409. The molecule has 1 fully saturated rings. The molecule has 1 aliphatic rings. The maximum Gasteiger partial charge on any atom is 0.343 e. The molecule has 0 radical (unpaired) electrons. The van der Waals surface area contributed by atoms with Crippen LogP contribution in [0.25, 0.3) is 11.1 Å². The lowest BCUT2D eigenvalue weighted by molar-refractivity contribution is 0.0726. The van der Waals surface area contributed by atoms with Crippen LogP contribution in [0, 0.1) is 29.2 Å². The average molecular weight is 527 g/mol. The molecule has 3 aromatic rings. The van der Waals surface area contributed by atoms with E-state index in [1.54, 1.807) is 6.07 Å². The Hall–Kier alpha value is -3.15. The number of rotatable bonds is 9. The van der Waals surface area contributed by atoms with E-state index in [1.807, 2.05) is 6.92 Å². The van der Waals surface area contributed by atoms with Crippen LogP contribution in [0.4, 0.5) is 17.6 Å². The standard InChI is InChI=1S/C32H34F4O2/c1-3-5-7-23-16-17-25(29(34)28(23)33)22-12-14-24(15-13-22)32(37)38-27-19-18-26(30(35)31(27)36)21-10-8-20(6-4-2)9-11-21/h12-21H,3-11H2,1-2H3. The average Bonchev–Trinajstić information content (AvgIpc) is 2.93. The van der Waals surface area contributed by atoms with Crippen LogP contribution in [-0.4, -0.2) is 5.97 Å². The number of carbonyl (C=O) groups is 1. The molecular formula is C32H34F4O2. The summed E-state index contributed by atoms with van der Waals surface area (Å²) in [7, 11) is 0. The van der Waals surface area contributed by atoms with Crippen LogP contribution >= 0.6 is 0 Å². The third kappa shape index (κ3) is 6.11. The number of carbonyl (C=O) groups excluding carboxylic acids is 1. The summed E-state index contributed by atoms with van der Waals surface area (Å²) in [4.78, 5) is 12.6. The molecule has 202 valence electrons. The van der Waals surface area contributed by atoms with Gasteiger partial charge in [0.15, 0.2) is 23.2 Å². The van der Waals surface area contributed by atoms with Crippen molar-refractivity contribution in [3.8, 4) is 16.9 Å². The van der Waals surface area contributed by atoms with Crippen molar-refractivity contribution >= 4 is 5.97 Å². The van der Waals surface area contributed by atoms with Gasteiger partial charge >= 0.3 is 5.97 Å². The lowest BCUT2D eigenvalue weighted by Gasteiger charge is -2.29. The fourth-order valence-corrected chi connectivity index (χ4v) is 5.43. The molecular weight excluding hydrogens is 492 g/mol. The van der Waals surface area contributed by atoms with E-state index in [0.29, 0.717) is 29.0 Å². The van der Waals surface area contributed by atoms with Gasteiger partial charge in [-0.3, -0.25) is 0 Å². The van der Waals surface area contributed by atoms with Crippen molar-refractivity contribution in [3.63, 3.8) is 0 Å². The number of hydrogen-bond donors (Lipinski definition) is 0. The van der Waals surface area contributed by atoms with Crippen molar-refractivity contribution in [2.75, 3.05) is 0 Å². The maximum atomic E-state index is 14.9. The maximum absolute atomic E-state index is 14.9. The van der Waals surface area contributed by atoms with E-state index in [4.69, 9.17) is 4.74 Å². The number of ether oxygens (including phenoxy) is 1. The second-order valence-electron chi connectivity index (χ2n) is 10.3. The first-order chi connectivity index (χ1) is 18.3. The fourth-order valence-electron chi connectivity index (χ4n) is 5.43. The second kappa shape index (κ2) is 12.6. The van der Waals surface area contributed by atoms with E-state index in [2.05, 4.69) is 6.92 Å². The highest BCUT2D eigenvalue weighted by atomic mass is 19.2. The third-order valence-corrected chi connectivity index (χ3v) is 7.66. The van der Waals surface area contributed by atoms with Gasteiger partial charge in [0.1, 0.15) is 0 Å². The molecule has 38 heavy (non-hydrogen) atoms. The van der Waals surface area contributed by atoms with E-state index in [9.17, 15) is 22.4 Å². The number of esters is 1. The highest BCUT2D eigenvalue weighted by molar-refractivity contribution is 5.91. The van der Waals surface area contributed by atoms with Gasteiger partial charge in [-0.15, -0.1) is 0 Å². The van der Waals surface area contributed by atoms with E-state index >= 15 is 0 Å². The minimum atomic E-state index is -1.18. The van der Waals surface area contributed by atoms with Crippen molar-refractivity contribution in [2.45, 2.75) is 77.6 Å². The summed E-state index contributed by atoms with van der Waals surface area (Å²) in [5.41, 5.74) is 1.20. The van der Waals surface area contributed by atoms with E-state index < -0.39 is 35.0 Å². The number of benzene rings is 3. The van der Waals surface area contributed by atoms with Gasteiger partial charge in [0, 0.05) is 5.56 Å². The van der Waals surface area contributed by atoms with E-state index in [1.165, 1.54) is 42.5 Å². The summed E-state index contributed by atoms with van der Waals surface area (Å²) < 4.78 is 64.1. The van der Waals surface area contributed by atoms with Gasteiger partial charge in [-0.1, -0.05) is 63.4 Å². The van der Waals surface area contributed by atoms with Crippen molar-refractivity contribution in [3.05, 3.63) is 88.5 Å². The SMILES string of the molecule is CCCCc1ccc(-c2ccc(C(=O)Oc3ccc(C4CCC(CCC)CC4)c(F)c3F)cc2)c(F)c1F. The minimum Gasteiger partial charge on any atom is -0.420 e. The normalized spacial score (nSPS) is 17.4. The van der Waals surface area contributed by atoms with Crippen molar-refractivity contribution in [1.29, 1.82) is 0 Å². The van der Waals surface area contributed by atoms with Crippen LogP contribution in [0.1, 0.15) is 92.6 Å². The summed E-state index contributed by atoms with van der Waals surface area (Å²) in [6, 6.07) is 11.6. The Morgan fingerprint density at radius 2 is 1.50 bits per heavy atom. The van der Waals surface area contributed by atoms with Gasteiger partial charge in [-0.2, -0.15) is 4.39 Å². The van der Waals surface area contributed by atoms with Crippen molar-refractivity contribution in [2.24, 2.45) is 5.92 Å². The molecule has 3 aromatic carbocycles. The Kier molecular flexibility index (Phi) is 9.24. The Labute approximate surface area is 222 Å². The van der Waals surface area contributed by atoms with Crippen LogP contribution in [0.3, 0.4) is 0 Å². The molecule has 2 nitrogen and oxygen atoms in total. The van der Waals surface area contributed by atoms with Gasteiger partial charge in [0.05, 0.1) is 5.56 Å².